The van der Waals surface area contributed by atoms with Gasteiger partial charge in [0, 0.05) is 27.9 Å². The number of aromatic nitrogens is 3. The van der Waals surface area contributed by atoms with E-state index in [0.717, 1.165) is 28.1 Å². The number of hydrogen-bond donors (Lipinski definition) is 1. The zero-order chi connectivity index (χ0) is 18.9. The molecule has 0 aliphatic heterocycles. The molecule has 6 nitrogen and oxygen atoms in total. The number of H-pyrrole nitrogens is 1. The average molecular weight is 371 g/mol. The van der Waals surface area contributed by atoms with Gasteiger partial charge in [0.1, 0.15) is 11.5 Å². The summed E-state index contributed by atoms with van der Waals surface area (Å²) in [6.45, 7) is 0.203. The molecule has 5 aromatic rings. The van der Waals surface area contributed by atoms with Crippen LogP contribution < -0.4 is 9.47 Å². The number of fused-ring (bicyclic) bond motifs is 3. The SMILES string of the molecule is COc1ccc(-c2noc(COc3ccc4c(c3)[nH]c3ccccc34)n2)cc1. The van der Waals surface area contributed by atoms with E-state index in [1.807, 2.05) is 48.5 Å². The maximum absolute atomic E-state index is 5.85. The van der Waals surface area contributed by atoms with Crippen molar-refractivity contribution in [2.24, 2.45) is 0 Å². The van der Waals surface area contributed by atoms with Gasteiger partial charge in [0.2, 0.25) is 5.82 Å². The van der Waals surface area contributed by atoms with E-state index in [2.05, 4.69) is 33.3 Å². The Balaban J connectivity index is 1.33. The molecule has 0 saturated carbocycles. The Morgan fingerprint density at radius 1 is 0.893 bits per heavy atom. The number of ether oxygens (including phenoxy) is 2. The highest BCUT2D eigenvalue weighted by molar-refractivity contribution is 6.07. The molecule has 28 heavy (non-hydrogen) atoms. The molecule has 0 bridgehead atoms. The van der Waals surface area contributed by atoms with Crippen molar-refractivity contribution in [2.45, 2.75) is 6.61 Å². The largest absolute Gasteiger partial charge is 0.497 e. The van der Waals surface area contributed by atoms with E-state index in [-0.39, 0.29) is 6.61 Å². The molecular formula is C22H17N3O3. The number of para-hydroxylation sites is 1. The van der Waals surface area contributed by atoms with Crippen LogP contribution in [0.2, 0.25) is 0 Å². The zero-order valence-corrected chi connectivity index (χ0v) is 15.2. The molecule has 0 spiro atoms. The molecule has 3 aromatic carbocycles. The Kier molecular flexibility index (Phi) is 3.94. The lowest BCUT2D eigenvalue weighted by atomic mass is 10.1. The molecule has 2 heterocycles. The summed E-state index contributed by atoms with van der Waals surface area (Å²) in [6, 6.07) is 21.7. The highest BCUT2D eigenvalue weighted by Crippen LogP contribution is 2.28. The van der Waals surface area contributed by atoms with Crippen LogP contribution in [0, 0.1) is 0 Å². The van der Waals surface area contributed by atoms with Gasteiger partial charge in [-0.1, -0.05) is 23.4 Å². The predicted molar refractivity (Wildman–Crippen MR) is 106 cm³/mol. The average Bonchev–Trinajstić information content (AvgIpc) is 3.36. The first-order valence-electron chi connectivity index (χ1n) is 8.90. The summed E-state index contributed by atoms with van der Waals surface area (Å²) < 4.78 is 16.3. The van der Waals surface area contributed by atoms with Gasteiger partial charge < -0.3 is 19.0 Å². The molecular weight excluding hydrogens is 354 g/mol. The number of hydrogen-bond acceptors (Lipinski definition) is 5. The van der Waals surface area contributed by atoms with Crippen molar-refractivity contribution in [3.8, 4) is 22.9 Å². The van der Waals surface area contributed by atoms with Crippen LogP contribution in [-0.2, 0) is 6.61 Å². The predicted octanol–water partition coefficient (Wildman–Crippen LogP) is 4.96. The first kappa shape index (κ1) is 16.4. The maximum atomic E-state index is 5.85. The van der Waals surface area contributed by atoms with Crippen molar-refractivity contribution in [3.05, 3.63) is 72.6 Å². The normalized spacial score (nSPS) is 11.2. The number of methoxy groups -OCH3 is 1. The standard InChI is InChI=1S/C22H17N3O3/c1-26-15-8-6-14(7-9-15)22-24-21(28-25-22)13-27-16-10-11-18-17-4-2-3-5-19(17)23-20(18)12-16/h2-12,23H,13H2,1H3. The third kappa shape index (κ3) is 2.95. The van der Waals surface area contributed by atoms with Crippen LogP contribution in [0.1, 0.15) is 5.89 Å². The Morgan fingerprint density at radius 2 is 1.68 bits per heavy atom. The van der Waals surface area contributed by atoms with Gasteiger partial charge in [0.15, 0.2) is 6.61 Å². The molecule has 1 N–H and O–H groups in total. The summed E-state index contributed by atoms with van der Waals surface area (Å²) >= 11 is 0. The molecule has 0 radical (unpaired) electrons. The fourth-order valence-electron chi connectivity index (χ4n) is 3.24. The van der Waals surface area contributed by atoms with Crippen LogP contribution in [0.3, 0.4) is 0 Å². The van der Waals surface area contributed by atoms with Gasteiger partial charge in [-0.2, -0.15) is 4.98 Å². The monoisotopic (exact) mass is 371 g/mol. The third-order valence-corrected chi connectivity index (χ3v) is 4.66. The van der Waals surface area contributed by atoms with Gasteiger partial charge in [0.25, 0.3) is 5.89 Å². The highest BCUT2D eigenvalue weighted by Gasteiger charge is 2.10. The van der Waals surface area contributed by atoms with E-state index in [1.165, 1.54) is 10.8 Å². The smallest absolute Gasteiger partial charge is 0.264 e. The summed E-state index contributed by atoms with van der Waals surface area (Å²) in [5.41, 5.74) is 2.99. The quantitative estimate of drug-likeness (QED) is 0.473. The minimum absolute atomic E-state index is 0.203. The topological polar surface area (TPSA) is 73.2 Å². The second kappa shape index (κ2) is 6.74. The number of aromatic amines is 1. The van der Waals surface area contributed by atoms with Crippen molar-refractivity contribution in [1.29, 1.82) is 0 Å². The summed E-state index contributed by atoms with van der Waals surface area (Å²) in [4.78, 5) is 7.81. The molecule has 5 rings (SSSR count). The van der Waals surface area contributed by atoms with Crippen LogP contribution >= 0.6 is 0 Å². The van der Waals surface area contributed by atoms with E-state index >= 15 is 0 Å². The summed E-state index contributed by atoms with van der Waals surface area (Å²) in [5, 5.41) is 6.39. The fourth-order valence-corrected chi connectivity index (χ4v) is 3.24. The van der Waals surface area contributed by atoms with Crippen molar-refractivity contribution in [3.63, 3.8) is 0 Å². The Hall–Kier alpha value is -3.80. The van der Waals surface area contributed by atoms with E-state index in [9.17, 15) is 0 Å². The summed E-state index contributed by atoms with van der Waals surface area (Å²) in [6.07, 6.45) is 0. The zero-order valence-electron chi connectivity index (χ0n) is 15.2. The Labute approximate surface area is 160 Å². The van der Waals surface area contributed by atoms with E-state index in [0.29, 0.717) is 11.7 Å². The molecule has 0 unspecified atom stereocenters. The van der Waals surface area contributed by atoms with Crippen molar-refractivity contribution in [1.82, 2.24) is 15.1 Å². The second-order valence-electron chi connectivity index (χ2n) is 6.41. The van der Waals surface area contributed by atoms with Crippen LogP contribution in [0.4, 0.5) is 0 Å². The molecule has 0 atom stereocenters. The van der Waals surface area contributed by atoms with E-state index < -0.39 is 0 Å². The van der Waals surface area contributed by atoms with E-state index in [4.69, 9.17) is 14.0 Å². The van der Waals surface area contributed by atoms with Gasteiger partial charge in [-0.25, -0.2) is 0 Å². The van der Waals surface area contributed by atoms with Gasteiger partial charge >= 0.3 is 0 Å². The minimum atomic E-state index is 0.203. The molecule has 0 amide bonds. The second-order valence-corrected chi connectivity index (χ2v) is 6.41. The summed E-state index contributed by atoms with van der Waals surface area (Å²) in [7, 11) is 1.63. The van der Waals surface area contributed by atoms with E-state index in [1.54, 1.807) is 7.11 Å². The van der Waals surface area contributed by atoms with Gasteiger partial charge in [-0.15, -0.1) is 0 Å². The van der Waals surface area contributed by atoms with Crippen molar-refractivity contribution >= 4 is 21.8 Å². The number of nitrogens with one attached hydrogen (secondary N) is 1. The first-order valence-corrected chi connectivity index (χ1v) is 8.90. The lowest BCUT2D eigenvalue weighted by molar-refractivity contribution is 0.243. The van der Waals surface area contributed by atoms with Gasteiger partial charge in [0.05, 0.1) is 12.6 Å². The minimum Gasteiger partial charge on any atom is -0.497 e. The van der Waals surface area contributed by atoms with Crippen LogP contribution in [0.25, 0.3) is 33.2 Å². The Bertz CT molecular complexity index is 1260. The number of nitrogens with zero attached hydrogens (tertiary/aromatic N) is 2. The Morgan fingerprint density at radius 3 is 2.54 bits per heavy atom. The lowest BCUT2D eigenvalue weighted by Gasteiger charge is -2.03. The summed E-state index contributed by atoms with van der Waals surface area (Å²) in [5.74, 6) is 2.46. The van der Waals surface area contributed by atoms with Crippen LogP contribution in [0.5, 0.6) is 11.5 Å². The lowest BCUT2D eigenvalue weighted by Crippen LogP contribution is -1.95. The van der Waals surface area contributed by atoms with Gasteiger partial charge in [-0.3, -0.25) is 0 Å². The van der Waals surface area contributed by atoms with Crippen LogP contribution in [0.15, 0.2) is 71.3 Å². The first-order chi connectivity index (χ1) is 13.8. The number of rotatable bonds is 5. The molecule has 0 saturated heterocycles. The molecule has 0 aliphatic rings. The van der Waals surface area contributed by atoms with Crippen molar-refractivity contribution < 1.29 is 14.0 Å². The highest BCUT2D eigenvalue weighted by atomic mass is 16.5. The fraction of sp³-hybridized carbons (Fsp3) is 0.0909. The van der Waals surface area contributed by atoms with Crippen LogP contribution in [-0.4, -0.2) is 22.2 Å². The molecule has 0 aliphatic carbocycles. The maximum Gasteiger partial charge on any atom is 0.264 e. The third-order valence-electron chi connectivity index (χ3n) is 4.66. The number of benzene rings is 3. The molecule has 6 heteroatoms. The molecule has 2 aromatic heterocycles. The van der Waals surface area contributed by atoms with Crippen molar-refractivity contribution in [2.75, 3.05) is 7.11 Å². The van der Waals surface area contributed by atoms with Gasteiger partial charge in [-0.05, 0) is 42.5 Å². The molecule has 0 fully saturated rings. The molecule has 138 valence electrons.